The molecular formula is C11H12N2S2. The number of fused-ring (bicyclic) bond motifs is 1. The number of allylic oxidation sites excluding steroid dienone is 1. The van der Waals surface area contributed by atoms with E-state index >= 15 is 0 Å². The van der Waals surface area contributed by atoms with Crippen molar-refractivity contribution in [3.05, 3.63) is 29.8 Å². The maximum absolute atomic E-state index is 5.64. The van der Waals surface area contributed by atoms with E-state index in [1.165, 1.54) is 16.9 Å². The molecule has 0 radical (unpaired) electrons. The van der Waals surface area contributed by atoms with Gasteiger partial charge in [-0.1, -0.05) is 29.6 Å². The number of nitrogens with two attached hydrogens (primary N) is 1. The molecule has 0 saturated heterocycles. The topological polar surface area (TPSA) is 38.9 Å². The number of thiazole rings is 1. The molecule has 78 valence electrons. The Morgan fingerprint density at radius 3 is 3.13 bits per heavy atom. The fraction of sp³-hybridized carbons (Fsp3) is 0.182. The molecule has 4 heteroatoms. The highest BCUT2D eigenvalue weighted by Crippen LogP contribution is 2.24. The largest absolute Gasteiger partial charge is 0.375 e. The zero-order chi connectivity index (χ0) is 10.7. The first-order valence-electron chi connectivity index (χ1n) is 4.73. The number of nitrogen functional groups attached to an aromatic ring is 1. The van der Waals surface area contributed by atoms with Gasteiger partial charge in [-0.15, -0.1) is 0 Å². The van der Waals surface area contributed by atoms with Crippen molar-refractivity contribution in [2.75, 3.05) is 11.5 Å². The number of anilines is 1. The van der Waals surface area contributed by atoms with E-state index in [2.05, 4.69) is 41.9 Å². The lowest BCUT2D eigenvalue weighted by Crippen LogP contribution is -1.79. The normalized spacial score (nSPS) is 11.5. The van der Waals surface area contributed by atoms with Crippen molar-refractivity contribution in [1.82, 2.24) is 4.98 Å². The van der Waals surface area contributed by atoms with Gasteiger partial charge in [-0.2, -0.15) is 12.6 Å². The Morgan fingerprint density at radius 1 is 1.47 bits per heavy atom. The first-order chi connectivity index (χ1) is 7.29. The molecule has 0 unspecified atom stereocenters. The number of hydrogen-bond donors (Lipinski definition) is 2. The maximum atomic E-state index is 5.64. The maximum Gasteiger partial charge on any atom is 0.181 e. The highest BCUT2D eigenvalue weighted by molar-refractivity contribution is 7.80. The van der Waals surface area contributed by atoms with Crippen LogP contribution in [-0.4, -0.2) is 10.7 Å². The van der Waals surface area contributed by atoms with Crippen LogP contribution >= 0.6 is 24.0 Å². The van der Waals surface area contributed by atoms with Gasteiger partial charge in [0.2, 0.25) is 0 Å². The van der Waals surface area contributed by atoms with Gasteiger partial charge in [0.05, 0.1) is 10.2 Å². The molecule has 0 aliphatic heterocycles. The highest BCUT2D eigenvalue weighted by Gasteiger charge is 1.99. The van der Waals surface area contributed by atoms with Gasteiger partial charge in [0.1, 0.15) is 0 Å². The lowest BCUT2D eigenvalue weighted by molar-refractivity contribution is 1.26. The molecule has 1 aromatic heterocycles. The molecule has 0 fully saturated rings. The predicted molar refractivity (Wildman–Crippen MR) is 71.5 cm³/mol. The Kier molecular flexibility index (Phi) is 3.28. The quantitative estimate of drug-likeness (QED) is 0.803. The molecule has 0 aliphatic carbocycles. The molecule has 2 aromatic rings. The van der Waals surface area contributed by atoms with Crippen LogP contribution < -0.4 is 5.73 Å². The summed E-state index contributed by atoms with van der Waals surface area (Å²) in [4.78, 5) is 4.21. The number of nitrogens with zero attached hydrogens (tertiary/aromatic N) is 1. The van der Waals surface area contributed by atoms with Crippen LogP contribution in [-0.2, 0) is 0 Å². The van der Waals surface area contributed by atoms with Gasteiger partial charge in [0, 0.05) is 0 Å². The van der Waals surface area contributed by atoms with Crippen LogP contribution in [0.2, 0.25) is 0 Å². The molecule has 0 saturated carbocycles. The molecule has 2 N–H and O–H groups in total. The van der Waals surface area contributed by atoms with Gasteiger partial charge in [-0.05, 0) is 29.9 Å². The van der Waals surface area contributed by atoms with Crippen LogP contribution in [0.4, 0.5) is 5.13 Å². The molecule has 15 heavy (non-hydrogen) atoms. The first kappa shape index (κ1) is 10.5. The molecule has 0 spiro atoms. The Bertz CT molecular complexity index is 488. The Labute approximate surface area is 98.2 Å². The van der Waals surface area contributed by atoms with Crippen molar-refractivity contribution >= 4 is 45.4 Å². The van der Waals surface area contributed by atoms with Crippen molar-refractivity contribution in [1.29, 1.82) is 0 Å². The SMILES string of the molecule is Nc1nc2ccc(C=CCCS)cc2s1. The summed E-state index contributed by atoms with van der Waals surface area (Å²) in [7, 11) is 0. The third kappa shape index (κ3) is 2.52. The van der Waals surface area contributed by atoms with Crippen molar-refractivity contribution in [3.8, 4) is 0 Å². The van der Waals surface area contributed by atoms with Crippen molar-refractivity contribution in [2.45, 2.75) is 6.42 Å². The average molecular weight is 236 g/mol. The number of rotatable bonds is 3. The summed E-state index contributed by atoms with van der Waals surface area (Å²) < 4.78 is 1.14. The molecule has 2 nitrogen and oxygen atoms in total. The average Bonchev–Trinajstić information content (AvgIpc) is 2.57. The van der Waals surface area contributed by atoms with Gasteiger partial charge >= 0.3 is 0 Å². The third-order valence-corrected chi connectivity index (χ3v) is 3.14. The number of aromatic nitrogens is 1. The zero-order valence-corrected chi connectivity index (χ0v) is 9.89. The molecule has 2 rings (SSSR count). The predicted octanol–water partition coefficient (Wildman–Crippen LogP) is 3.21. The van der Waals surface area contributed by atoms with Crippen molar-refractivity contribution < 1.29 is 0 Å². The van der Waals surface area contributed by atoms with E-state index in [1.54, 1.807) is 0 Å². The number of thiol groups is 1. The molecule has 0 bridgehead atoms. The third-order valence-electron chi connectivity index (χ3n) is 2.04. The highest BCUT2D eigenvalue weighted by atomic mass is 32.1. The van der Waals surface area contributed by atoms with Crippen LogP contribution in [0, 0.1) is 0 Å². The van der Waals surface area contributed by atoms with E-state index in [4.69, 9.17) is 5.73 Å². The monoisotopic (exact) mass is 236 g/mol. The molecular weight excluding hydrogens is 224 g/mol. The minimum absolute atomic E-state index is 0.626. The fourth-order valence-corrected chi connectivity index (χ4v) is 2.29. The zero-order valence-electron chi connectivity index (χ0n) is 8.18. The second-order valence-corrected chi connectivity index (χ2v) is 4.70. The summed E-state index contributed by atoms with van der Waals surface area (Å²) in [5.41, 5.74) is 7.81. The second-order valence-electron chi connectivity index (χ2n) is 3.19. The fourth-order valence-electron chi connectivity index (χ4n) is 1.36. The van der Waals surface area contributed by atoms with Gasteiger partial charge < -0.3 is 5.73 Å². The summed E-state index contributed by atoms with van der Waals surface area (Å²) in [5, 5.41) is 0.626. The molecule has 0 amide bonds. The van der Waals surface area contributed by atoms with Crippen LogP contribution in [0.3, 0.4) is 0 Å². The summed E-state index contributed by atoms with van der Waals surface area (Å²) in [6, 6.07) is 6.16. The van der Waals surface area contributed by atoms with Crippen LogP contribution in [0.15, 0.2) is 24.3 Å². The van der Waals surface area contributed by atoms with Gasteiger partial charge in [-0.25, -0.2) is 4.98 Å². The summed E-state index contributed by atoms with van der Waals surface area (Å²) in [6.45, 7) is 0. The van der Waals surface area contributed by atoms with Crippen LogP contribution in [0.5, 0.6) is 0 Å². The minimum Gasteiger partial charge on any atom is -0.375 e. The standard InChI is InChI=1S/C11H12N2S2/c12-11-13-9-5-4-8(3-1-2-6-14)7-10(9)15-11/h1,3-5,7,14H,2,6H2,(H2,12,13). The van der Waals surface area contributed by atoms with Gasteiger partial charge in [0.25, 0.3) is 0 Å². The number of hydrogen-bond acceptors (Lipinski definition) is 4. The van der Waals surface area contributed by atoms with E-state index in [0.29, 0.717) is 5.13 Å². The molecule has 0 aliphatic rings. The van der Waals surface area contributed by atoms with Crippen molar-refractivity contribution in [2.24, 2.45) is 0 Å². The Hall–Kier alpha value is -1.00. The Balaban J connectivity index is 2.30. The summed E-state index contributed by atoms with van der Waals surface area (Å²) in [5.74, 6) is 0.881. The summed E-state index contributed by atoms with van der Waals surface area (Å²) >= 11 is 5.68. The summed E-state index contributed by atoms with van der Waals surface area (Å²) in [6.07, 6.45) is 5.22. The van der Waals surface area contributed by atoms with E-state index in [1.807, 2.05) is 6.07 Å². The molecule has 1 heterocycles. The van der Waals surface area contributed by atoms with Crippen LogP contribution in [0.25, 0.3) is 16.3 Å². The van der Waals surface area contributed by atoms with Crippen LogP contribution in [0.1, 0.15) is 12.0 Å². The van der Waals surface area contributed by atoms with E-state index < -0.39 is 0 Å². The minimum atomic E-state index is 0.626. The lowest BCUT2D eigenvalue weighted by Gasteiger charge is -1.92. The van der Waals surface area contributed by atoms with Crippen molar-refractivity contribution in [3.63, 3.8) is 0 Å². The first-order valence-corrected chi connectivity index (χ1v) is 6.18. The van der Waals surface area contributed by atoms with E-state index in [0.717, 1.165) is 22.4 Å². The van der Waals surface area contributed by atoms with Gasteiger partial charge in [-0.3, -0.25) is 0 Å². The van der Waals surface area contributed by atoms with E-state index in [9.17, 15) is 0 Å². The lowest BCUT2D eigenvalue weighted by atomic mass is 10.2. The molecule has 1 aromatic carbocycles. The van der Waals surface area contributed by atoms with E-state index in [-0.39, 0.29) is 0 Å². The Morgan fingerprint density at radius 2 is 2.33 bits per heavy atom. The van der Waals surface area contributed by atoms with Gasteiger partial charge in [0.15, 0.2) is 5.13 Å². The smallest absolute Gasteiger partial charge is 0.181 e. The second kappa shape index (κ2) is 4.68. The molecule has 0 atom stereocenters. The number of benzene rings is 1.